The molecule has 0 bridgehead atoms. The Bertz CT molecular complexity index is 932. The zero-order chi connectivity index (χ0) is 21.4. The minimum Gasteiger partial charge on any atom is -0.358 e. The second kappa shape index (κ2) is 13.1. The molecule has 0 fully saturated rings. The zero-order valence-electron chi connectivity index (χ0n) is 23.1. The molecule has 2 aromatic carbocycles. The first kappa shape index (κ1) is 34.0. The van der Waals surface area contributed by atoms with Crippen molar-refractivity contribution in [2.75, 3.05) is 0 Å². The van der Waals surface area contributed by atoms with Crippen LogP contribution in [0.3, 0.4) is 0 Å². The van der Waals surface area contributed by atoms with Gasteiger partial charge in [-0.1, -0.05) is 112 Å². The first-order valence-corrected chi connectivity index (χ1v) is 13.3. The number of allylic oxidation sites excluding steroid dienone is 4. The predicted molar refractivity (Wildman–Crippen MR) is 150 cm³/mol. The Morgan fingerprint density at radius 3 is 1.67 bits per heavy atom. The van der Waals surface area contributed by atoms with Crippen molar-refractivity contribution in [2.24, 2.45) is 0 Å². The van der Waals surface area contributed by atoms with E-state index in [-0.39, 0.29) is 49.0 Å². The van der Waals surface area contributed by atoms with E-state index in [2.05, 4.69) is 110 Å². The second-order valence-electron chi connectivity index (χ2n) is 9.20. The van der Waals surface area contributed by atoms with Gasteiger partial charge in [0.05, 0.1) is 0 Å². The summed E-state index contributed by atoms with van der Waals surface area (Å²) in [6, 6.07) is 18.8. The smallest absolute Gasteiger partial charge is 0.358 e. The van der Waals surface area contributed by atoms with E-state index >= 15 is 0 Å². The maximum absolute atomic E-state index is 4.03. The average Bonchev–Trinajstić information content (AvgIpc) is 2.92. The maximum Gasteiger partial charge on any atom is 4.00 e. The van der Waals surface area contributed by atoms with Crippen LogP contribution < -0.4 is 10.4 Å². The van der Waals surface area contributed by atoms with Gasteiger partial charge in [-0.3, -0.25) is 6.08 Å². The van der Waals surface area contributed by atoms with E-state index in [4.69, 9.17) is 0 Å². The normalized spacial score (nSPS) is 18.9. The summed E-state index contributed by atoms with van der Waals surface area (Å²) in [6.07, 6.45) is 6.20. The molecule has 2 heteroatoms. The summed E-state index contributed by atoms with van der Waals surface area (Å²) in [5.74, 6) is 0. The van der Waals surface area contributed by atoms with E-state index in [0.717, 1.165) is 12.8 Å². The van der Waals surface area contributed by atoms with Crippen LogP contribution in [0.1, 0.15) is 66.5 Å². The Balaban J connectivity index is 0. The van der Waals surface area contributed by atoms with Gasteiger partial charge < -0.3 is 22.3 Å². The summed E-state index contributed by atoms with van der Waals surface area (Å²) in [6.45, 7) is 18.8. The fourth-order valence-electron chi connectivity index (χ4n) is 5.70. The van der Waals surface area contributed by atoms with E-state index in [1.807, 2.05) is 0 Å². The Kier molecular flexibility index (Phi) is 13.5. The molecule has 0 saturated heterocycles. The van der Waals surface area contributed by atoms with Crippen molar-refractivity contribution in [3.63, 3.8) is 0 Å². The van der Waals surface area contributed by atoms with Crippen molar-refractivity contribution in [3.8, 4) is 0 Å². The van der Waals surface area contributed by atoms with Crippen LogP contribution in [0.25, 0.3) is 0 Å². The van der Waals surface area contributed by atoms with Gasteiger partial charge >= 0.3 is 21.7 Å². The average molecular weight is 495 g/mol. The minimum atomic E-state index is -2.25. The number of rotatable bonds is 6. The third kappa shape index (κ3) is 5.42. The molecule has 1 aliphatic rings. The van der Waals surface area contributed by atoms with E-state index in [0.29, 0.717) is 5.54 Å². The van der Waals surface area contributed by atoms with Crippen molar-refractivity contribution >= 4 is 18.4 Å². The van der Waals surface area contributed by atoms with Crippen LogP contribution in [0.2, 0.25) is 10.6 Å². The number of aryl methyl sites for hydroxylation is 2. The summed E-state index contributed by atoms with van der Waals surface area (Å²) in [5, 5.41) is 3.06. The number of hydrogen-bond donors (Lipinski definition) is 0. The quantitative estimate of drug-likeness (QED) is 0.282. The minimum absolute atomic E-state index is 0. The number of benzene rings is 2. The Hall–Kier alpha value is -1.15. The SMILES string of the molecule is CCc1cc(CC)cc([Si](c2ccccc2)(C(C)C)C2(C)[C-]=C(C)C(C)=C2C)c1.[CH3-].[CH3-].[CH3-].[Ti+4]. The van der Waals surface area contributed by atoms with E-state index in [1.165, 1.54) is 33.0 Å². The standard InChI is InChI=1S/C28H37Si.3CH3.Ti/c1-9-24-16-25(10-2)18-27(17-24)29(20(3)4,26-14-12-11-13-15-26)28(8)19-21(5)22(6)23(28)7;;;;/h11-18,20H,9-10H2,1-8H3;3*1H3;/q4*-1;+4. The maximum atomic E-state index is 4.03. The third-order valence-corrected chi connectivity index (χ3v) is 13.8. The summed E-state index contributed by atoms with van der Waals surface area (Å²) >= 11 is 0. The van der Waals surface area contributed by atoms with Crippen molar-refractivity contribution in [3.05, 3.63) is 105 Å². The van der Waals surface area contributed by atoms with Gasteiger partial charge in [0.15, 0.2) is 0 Å². The van der Waals surface area contributed by atoms with Gasteiger partial charge in [-0.05, 0) is 29.5 Å². The Morgan fingerprint density at radius 2 is 1.30 bits per heavy atom. The molecule has 0 aromatic heterocycles. The first-order chi connectivity index (χ1) is 13.7. The molecular formula is C31H46SiTi. The largest absolute Gasteiger partial charge is 4.00 e. The predicted octanol–water partition coefficient (Wildman–Crippen LogP) is 7.99. The molecular weight excluding hydrogens is 448 g/mol. The van der Waals surface area contributed by atoms with Gasteiger partial charge in [0.1, 0.15) is 8.07 Å². The summed E-state index contributed by atoms with van der Waals surface area (Å²) in [4.78, 5) is 0. The fraction of sp³-hybridized carbons (Fsp3) is 0.387. The van der Waals surface area contributed by atoms with Crippen LogP contribution in [0.5, 0.6) is 0 Å². The van der Waals surface area contributed by atoms with Gasteiger partial charge in [-0.15, -0.1) is 6.92 Å². The van der Waals surface area contributed by atoms with E-state index in [1.54, 1.807) is 5.19 Å². The van der Waals surface area contributed by atoms with Crippen LogP contribution in [-0.2, 0) is 34.6 Å². The van der Waals surface area contributed by atoms with Crippen LogP contribution in [0.15, 0.2) is 65.3 Å². The van der Waals surface area contributed by atoms with Crippen LogP contribution in [0, 0.1) is 28.4 Å². The topological polar surface area (TPSA) is 0 Å². The molecule has 33 heavy (non-hydrogen) atoms. The van der Waals surface area contributed by atoms with E-state index < -0.39 is 8.07 Å². The van der Waals surface area contributed by atoms with Gasteiger partial charge in [0.2, 0.25) is 0 Å². The number of hydrogen-bond acceptors (Lipinski definition) is 0. The summed E-state index contributed by atoms with van der Waals surface area (Å²) < 4.78 is 0. The van der Waals surface area contributed by atoms with Crippen molar-refractivity contribution in [1.82, 2.24) is 0 Å². The van der Waals surface area contributed by atoms with Crippen molar-refractivity contribution < 1.29 is 21.7 Å². The molecule has 0 saturated carbocycles. The monoisotopic (exact) mass is 494 g/mol. The zero-order valence-corrected chi connectivity index (χ0v) is 25.7. The Labute approximate surface area is 222 Å². The van der Waals surface area contributed by atoms with Gasteiger partial charge in [-0.2, -0.15) is 11.1 Å². The second-order valence-corrected chi connectivity index (χ2v) is 14.1. The molecule has 2 atom stereocenters. The molecule has 2 unspecified atom stereocenters. The molecule has 0 radical (unpaired) electrons. The molecule has 0 spiro atoms. The molecule has 0 aliphatic heterocycles. The molecule has 0 nitrogen and oxygen atoms in total. The fourth-order valence-corrected chi connectivity index (χ4v) is 12.4. The third-order valence-electron chi connectivity index (χ3n) is 7.52. The first-order valence-electron chi connectivity index (χ1n) is 11.2. The Morgan fingerprint density at radius 1 is 0.818 bits per heavy atom. The van der Waals surface area contributed by atoms with Gasteiger partial charge in [0, 0.05) is 0 Å². The molecule has 0 heterocycles. The van der Waals surface area contributed by atoms with Crippen LogP contribution in [-0.4, -0.2) is 8.07 Å². The summed E-state index contributed by atoms with van der Waals surface area (Å²) in [5.41, 5.74) is 7.76. The molecule has 3 rings (SSSR count). The van der Waals surface area contributed by atoms with Crippen LogP contribution >= 0.6 is 0 Å². The molecule has 0 amide bonds. The van der Waals surface area contributed by atoms with E-state index in [9.17, 15) is 0 Å². The molecule has 0 N–H and O–H groups in total. The van der Waals surface area contributed by atoms with Crippen molar-refractivity contribution in [1.29, 1.82) is 0 Å². The molecule has 2 aromatic rings. The summed E-state index contributed by atoms with van der Waals surface area (Å²) in [7, 11) is -2.25. The van der Waals surface area contributed by atoms with Gasteiger partial charge in [-0.25, -0.2) is 5.57 Å². The van der Waals surface area contributed by atoms with Crippen molar-refractivity contribution in [2.45, 2.75) is 78.8 Å². The molecule has 1 aliphatic carbocycles. The van der Waals surface area contributed by atoms with Crippen LogP contribution in [0.4, 0.5) is 0 Å². The molecule has 178 valence electrons. The van der Waals surface area contributed by atoms with Gasteiger partial charge in [0.25, 0.3) is 0 Å².